The molecule has 6 heteroatoms. The number of aromatic nitrogens is 3. The number of para-hydroxylation sites is 1. The molecule has 3 aromatic rings. The second-order valence-corrected chi connectivity index (χ2v) is 7.09. The van der Waals surface area contributed by atoms with Gasteiger partial charge < -0.3 is 5.32 Å². The van der Waals surface area contributed by atoms with E-state index in [0.717, 1.165) is 37.0 Å². The fraction of sp³-hybridized carbons (Fsp3) is 0.381. The summed E-state index contributed by atoms with van der Waals surface area (Å²) >= 11 is 0. The summed E-state index contributed by atoms with van der Waals surface area (Å²) in [6.07, 6.45) is 2.08. The van der Waals surface area contributed by atoms with Crippen LogP contribution in [0, 0.1) is 0 Å². The molecule has 27 heavy (non-hydrogen) atoms. The van der Waals surface area contributed by atoms with Crippen molar-refractivity contribution in [3.63, 3.8) is 0 Å². The minimum absolute atomic E-state index is 0.0264. The molecular weight excluding hydrogens is 338 g/mol. The first-order valence-corrected chi connectivity index (χ1v) is 9.60. The van der Waals surface area contributed by atoms with Crippen molar-refractivity contribution >= 4 is 16.9 Å². The van der Waals surface area contributed by atoms with E-state index in [-0.39, 0.29) is 12.5 Å². The Bertz CT molecular complexity index is 935. The van der Waals surface area contributed by atoms with Crippen molar-refractivity contribution < 1.29 is 4.79 Å². The minimum Gasteiger partial charge on any atom is -0.353 e. The van der Waals surface area contributed by atoms with Crippen LogP contribution in [0.5, 0.6) is 0 Å². The Morgan fingerprint density at radius 3 is 2.78 bits per heavy atom. The van der Waals surface area contributed by atoms with E-state index in [4.69, 9.17) is 0 Å². The standard InChI is InChI=1S/C21H25N5O/c1-2-18(25-12-11-16-7-3-4-8-17(16)14-25)13-22-21(27)15-26-20-10-6-5-9-19(20)23-24-26/h3-10,18H,2,11-15H2,1H3,(H,22,27)/t18-/m0/s1. The molecule has 1 aromatic heterocycles. The predicted molar refractivity (Wildman–Crippen MR) is 105 cm³/mol. The molecule has 1 N–H and O–H groups in total. The first kappa shape index (κ1) is 17.7. The molecule has 140 valence electrons. The largest absolute Gasteiger partial charge is 0.353 e. The van der Waals surface area contributed by atoms with Gasteiger partial charge in [-0.3, -0.25) is 9.69 Å². The zero-order valence-corrected chi connectivity index (χ0v) is 15.6. The van der Waals surface area contributed by atoms with Crippen molar-refractivity contribution in [2.24, 2.45) is 0 Å². The van der Waals surface area contributed by atoms with Gasteiger partial charge in [0.2, 0.25) is 5.91 Å². The number of nitrogens with one attached hydrogen (secondary N) is 1. The summed E-state index contributed by atoms with van der Waals surface area (Å²) in [6.45, 7) is 5.03. The second kappa shape index (κ2) is 7.88. The Kier molecular flexibility index (Phi) is 5.16. The van der Waals surface area contributed by atoms with Crippen molar-refractivity contribution in [3.8, 4) is 0 Å². The van der Waals surface area contributed by atoms with Gasteiger partial charge in [-0.1, -0.05) is 48.5 Å². The maximum atomic E-state index is 12.4. The van der Waals surface area contributed by atoms with Crippen molar-refractivity contribution in [2.75, 3.05) is 13.1 Å². The average Bonchev–Trinajstić information content (AvgIpc) is 3.11. The fourth-order valence-electron chi connectivity index (χ4n) is 3.82. The predicted octanol–water partition coefficient (Wildman–Crippen LogP) is 2.38. The quantitative estimate of drug-likeness (QED) is 0.730. The molecule has 0 aliphatic carbocycles. The maximum absolute atomic E-state index is 12.4. The molecule has 6 nitrogen and oxygen atoms in total. The van der Waals surface area contributed by atoms with Gasteiger partial charge in [-0.2, -0.15) is 0 Å². The summed E-state index contributed by atoms with van der Waals surface area (Å²) in [5, 5.41) is 11.3. The molecule has 0 unspecified atom stereocenters. The highest BCUT2D eigenvalue weighted by molar-refractivity contribution is 5.79. The Morgan fingerprint density at radius 1 is 1.15 bits per heavy atom. The van der Waals surface area contributed by atoms with Crippen LogP contribution in [0.2, 0.25) is 0 Å². The van der Waals surface area contributed by atoms with E-state index in [9.17, 15) is 4.79 Å². The number of nitrogens with zero attached hydrogens (tertiary/aromatic N) is 4. The summed E-state index contributed by atoms with van der Waals surface area (Å²) in [6, 6.07) is 16.7. The average molecular weight is 363 g/mol. The van der Waals surface area contributed by atoms with Crippen molar-refractivity contribution in [1.82, 2.24) is 25.2 Å². The molecule has 2 heterocycles. The highest BCUT2D eigenvalue weighted by Crippen LogP contribution is 2.21. The van der Waals surface area contributed by atoms with Crippen LogP contribution < -0.4 is 5.32 Å². The molecular formula is C21H25N5O. The van der Waals surface area contributed by atoms with Gasteiger partial charge in [0.1, 0.15) is 12.1 Å². The molecule has 0 saturated carbocycles. The van der Waals surface area contributed by atoms with Crippen LogP contribution in [-0.4, -0.2) is 44.9 Å². The van der Waals surface area contributed by atoms with Gasteiger partial charge in [-0.15, -0.1) is 5.10 Å². The van der Waals surface area contributed by atoms with Crippen LogP contribution in [0.25, 0.3) is 11.0 Å². The zero-order valence-electron chi connectivity index (χ0n) is 15.6. The number of amides is 1. The van der Waals surface area contributed by atoms with Gasteiger partial charge in [0.25, 0.3) is 0 Å². The maximum Gasteiger partial charge on any atom is 0.241 e. The Labute approximate surface area is 159 Å². The molecule has 1 atom stereocenters. The molecule has 1 amide bonds. The van der Waals surface area contributed by atoms with Crippen LogP contribution in [0.15, 0.2) is 48.5 Å². The third-order valence-electron chi connectivity index (χ3n) is 5.40. The highest BCUT2D eigenvalue weighted by Gasteiger charge is 2.22. The molecule has 0 bridgehead atoms. The molecule has 0 spiro atoms. The lowest BCUT2D eigenvalue weighted by molar-refractivity contribution is -0.122. The van der Waals surface area contributed by atoms with E-state index in [1.807, 2.05) is 24.3 Å². The molecule has 1 aliphatic heterocycles. The molecule has 2 aromatic carbocycles. The van der Waals surface area contributed by atoms with Crippen molar-refractivity contribution in [1.29, 1.82) is 0 Å². The van der Waals surface area contributed by atoms with Crippen LogP contribution in [0.3, 0.4) is 0 Å². The second-order valence-electron chi connectivity index (χ2n) is 7.09. The van der Waals surface area contributed by atoms with Gasteiger partial charge >= 0.3 is 0 Å². The Hall–Kier alpha value is -2.73. The number of carbonyl (C=O) groups excluding carboxylic acids is 1. The van der Waals surface area contributed by atoms with E-state index >= 15 is 0 Å². The van der Waals surface area contributed by atoms with Gasteiger partial charge in [0.05, 0.1) is 5.52 Å². The van der Waals surface area contributed by atoms with Gasteiger partial charge in [0, 0.05) is 25.7 Å². The molecule has 0 radical (unpaired) electrons. The lowest BCUT2D eigenvalue weighted by atomic mass is 9.98. The number of hydrogen-bond acceptors (Lipinski definition) is 4. The number of rotatable bonds is 6. The summed E-state index contributed by atoms with van der Waals surface area (Å²) in [4.78, 5) is 14.9. The van der Waals surface area contributed by atoms with E-state index < -0.39 is 0 Å². The first-order chi connectivity index (χ1) is 13.2. The van der Waals surface area contributed by atoms with E-state index in [0.29, 0.717) is 12.6 Å². The summed E-state index contributed by atoms with van der Waals surface area (Å²) in [5.74, 6) is -0.0264. The summed E-state index contributed by atoms with van der Waals surface area (Å²) < 4.78 is 1.66. The number of benzene rings is 2. The monoisotopic (exact) mass is 363 g/mol. The van der Waals surface area contributed by atoms with Gasteiger partial charge in [0.15, 0.2) is 0 Å². The van der Waals surface area contributed by atoms with Crippen LogP contribution in [0.4, 0.5) is 0 Å². The zero-order chi connectivity index (χ0) is 18.6. The van der Waals surface area contributed by atoms with Crippen LogP contribution >= 0.6 is 0 Å². The van der Waals surface area contributed by atoms with Crippen molar-refractivity contribution in [3.05, 3.63) is 59.7 Å². The molecule has 4 rings (SSSR count). The van der Waals surface area contributed by atoms with E-state index in [2.05, 4.69) is 51.7 Å². The smallest absolute Gasteiger partial charge is 0.241 e. The van der Waals surface area contributed by atoms with Crippen LogP contribution in [-0.2, 0) is 24.3 Å². The van der Waals surface area contributed by atoms with Crippen LogP contribution in [0.1, 0.15) is 24.5 Å². The lowest BCUT2D eigenvalue weighted by Gasteiger charge is -2.35. The third-order valence-corrected chi connectivity index (χ3v) is 5.40. The van der Waals surface area contributed by atoms with Crippen molar-refractivity contribution in [2.45, 2.75) is 38.9 Å². The highest BCUT2D eigenvalue weighted by atomic mass is 16.2. The fourth-order valence-corrected chi connectivity index (χ4v) is 3.82. The lowest BCUT2D eigenvalue weighted by Crippen LogP contribution is -2.46. The molecule has 0 fully saturated rings. The van der Waals surface area contributed by atoms with E-state index in [1.54, 1.807) is 4.68 Å². The van der Waals surface area contributed by atoms with Gasteiger partial charge in [-0.25, -0.2) is 4.68 Å². The number of carbonyl (C=O) groups is 1. The SMILES string of the molecule is CC[C@@H](CNC(=O)Cn1nnc2ccccc21)N1CCc2ccccc2C1. The Balaban J connectivity index is 1.35. The van der Waals surface area contributed by atoms with Gasteiger partial charge in [-0.05, 0) is 36.1 Å². The third kappa shape index (κ3) is 3.85. The summed E-state index contributed by atoms with van der Waals surface area (Å²) in [7, 11) is 0. The minimum atomic E-state index is -0.0264. The summed E-state index contributed by atoms with van der Waals surface area (Å²) in [5.41, 5.74) is 4.55. The normalized spacial score (nSPS) is 15.4. The van der Waals surface area contributed by atoms with E-state index in [1.165, 1.54) is 11.1 Å². The number of hydrogen-bond donors (Lipinski definition) is 1. The first-order valence-electron chi connectivity index (χ1n) is 9.60. The Morgan fingerprint density at radius 2 is 1.93 bits per heavy atom. The molecule has 1 aliphatic rings. The molecule has 0 saturated heterocycles. The number of fused-ring (bicyclic) bond motifs is 2. The topological polar surface area (TPSA) is 63.1 Å².